The molecule has 1 aromatic heterocycles. The Morgan fingerprint density at radius 2 is 2.06 bits per heavy atom. The van der Waals surface area contributed by atoms with E-state index in [-0.39, 0.29) is 0 Å². The summed E-state index contributed by atoms with van der Waals surface area (Å²) in [5, 5.41) is 14.5. The normalized spacial score (nSPS) is 22.5. The summed E-state index contributed by atoms with van der Waals surface area (Å²) in [5.74, 6) is 0. The Bertz CT molecular complexity index is 490. The first-order valence-corrected chi connectivity index (χ1v) is 5.98. The van der Waals surface area contributed by atoms with Gasteiger partial charge in [0.25, 0.3) is 0 Å². The van der Waals surface area contributed by atoms with Crippen molar-refractivity contribution < 1.29 is 4.74 Å². The fourth-order valence-electron chi connectivity index (χ4n) is 2.10. The number of methoxy groups -OCH3 is 1. The zero-order chi connectivity index (χ0) is 12.4. The zero-order valence-electron chi connectivity index (χ0n) is 10.2. The van der Waals surface area contributed by atoms with Gasteiger partial charge in [-0.15, -0.1) is 5.10 Å². The van der Waals surface area contributed by atoms with E-state index in [0.717, 1.165) is 24.2 Å². The van der Waals surface area contributed by atoms with Gasteiger partial charge in [0.1, 0.15) is 6.33 Å². The van der Waals surface area contributed by atoms with Crippen molar-refractivity contribution in [3.05, 3.63) is 30.6 Å². The van der Waals surface area contributed by atoms with Crippen LogP contribution in [0.25, 0.3) is 5.69 Å². The second-order valence-corrected chi connectivity index (χ2v) is 4.47. The lowest BCUT2D eigenvalue weighted by Gasteiger charge is -2.35. The highest BCUT2D eigenvalue weighted by Crippen LogP contribution is 2.26. The molecule has 1 N–H and O–H groups in total. The lowest BCUT2D eigenvalue weighted by Crippen LogP contribution is -2.40. The van der Waals surface area contributed by atoms with Crippen LogP contribution in [0.3, 0.4) is 0 Å². The number of benzene rings is 1. The van der Waals surface area contributed by atoms with Crippen LogP contribution in [0.15, 0.2) is 30.6 Å². The van der Waals surface area contributed by atoms with E-state index >= 15 is 0 Å². The van der Waals surface area contributed by atoms with Gasteiger partial charge >= 0.3 is 0 Å². The molecule has 1 heterocycles. The minimum absolute atomic E-state index is 0.419. The number of hydrogen-bond donors (Lipinski definition) is 1. The van der Waals surface area contributed by atoms with E-state index < -0.39 is 0 Å². The van der Waals surface area contributed by atoms with E-state index in [4.69, 9.17) is 4.74 Å². The van der Waals surface area contributed by atoms with Crippen LogP contribution >= 0.6 is 0 Å². The van der Waals surface area contributed by atoms with Crippen LogP contribution in [-0.2, 0) is 4.74 Å². The largest absolute Gasteiger partial charge is 0.382 e. The first kappa shape index (κ1) is 11.2. The zero-order valence-corrected chi connectivity index (χ0v) is 10.2. The summed E-state index contributed by atoms with van der Waals surface area (Å²) in [4.78, 5) is 0. The van der Waals surface area contributed by atoms with Crippen molar-refractivity contribution in [3.8, 4) is 5.69 Å². The van der Waals surface area contributed by atoms with E-state index in [1.165, 1.54) is 0 Å². The van der Waals surface area contributed by atoms with E-state index in [1.54, 1.807) is 18.1 Å². The van der Waals surface area contributed by atoms with Crippen molar-refractivity contribution in [1.82, 2.24) is 20.2 Å². The number of aromatic nitrogens is 4. The molecule has 1 fully saturated rings. The van der Waals surface area contributed by atoms with E-state index in [2.05, 4.69) is 20.8 Å². The Hall–Kier alpha value is -1.95. The molecule has 0 unspecified atom stereocenters. The molecule has 2 aromatic rings. The van der Waals surface area contributed by atoms with Crippen LogP contribution in [0, 0.1) is 0 Å². The number of nitrogens with zero attached hydrogens (tertiary/aromatic N) is 4. The maximum absolute atomic E-state index is 5.26. The van der Waals surface area contributed by atoms with Gasteiger partial charge in [-0.1, -0.05) is 0 Å². The van der Waals surface area contributed by atoms with Crippen molar-refractivity contribution in [3.63, 3.8) is 0 Å². The highest BCUT2D eigenvalue weighted by atomic mass is 16.5. The van der Waals surface area contributed by atoms with Crippen molar-refractivity contribution in [2.45, 2.75) is 25.0 Å². The van der Waals surface area contributed by atoms with Gasteiger partial charge in [-0.3, -0.25) is 0 Å². The van der Waals surface area contributed by atoms with Crippen LogP contribution in [0.5, 0.6) is 0 Å². The third-order valence-electron chi connectivity index (χ3n) is 3.28. The van der Waals surface area contributed by atoms with Crippen LogP contribution in [0.2, 0.25) is 0 Å². The number of tetrazole rings is 1. The molecular formula is C12H15N5O. The van der Waals surface area contributed by atoms with Gasteiger partial charge in [-0.25, -0.2) is 4.68 Å². The van der Waals surface area contributed by atoms with E-state index in [9.17, 15) is 0 Å². The summed E-state index contributed by atoms with van der Waals surface area (Å²) in [7, 11) is 1.77. The second-order valence-electron chi connectivity index (χ2n) is 4.47. The number of rotatable bonds is 4. The Balaban J connectivity index is 1.62. The molecule has 6 nitrogen and oxygen atoms in total. The maximum atomic E-state index is 5.26. The Kier molecular flexibility index (Phi) is 2.93. The molecule has 0 saturated heterocycles. The van der Waals surface area contributed by atoms with Gasteiger partial charge in [0, 0.05) is 18.8 Å². The topological polar surface area (TPSA) is 64.9 Å². The first-order chi connectivity index (χ1) is 8.85. The van der Waals surface area contributed by atoms with Crippen LogP contribution < -0.4 is 5.32 Å². The quantitative estimate of drug-likeness (QED) is 0.878. The Morgan fingerprint density at radius 1 is 1.28 bits per heavy atom. The van der Waals surface area contributed by atoms with Crippen LogP contribution in [0.1, 0.15) is 12.8 Å². The molecule has 0 bridgehead atoms. The molecule has 0 aliphatic heterocycles. The van der Waals surface area contributed by atoms with Crippen molar-refractivity contribution >= 4 is 5.69 Å². The van der Waals surface area contributed by atoms with E-state index in [1.807, 2.05) is 24.3 Å². The molecule has 1 aromatic carbocycles. The van der Waals surface area contributed by atoms with Gasteiger partial charge < -0.3 is 10.1 Å². The molecule has 1 aliphatic carbocycles. The molecule has 0 radical (unpaired) electrons. The summed E-state index contributed by atoms with van der Waals surface area (Å²) in [5.41, 5.74) is 2.07. The minimum Gasteiger partial charge on any atom is -0.382 e. The molecule has 1 aliphatic rings. The Morgan fingerprint density at radius 3 is 2.67 bits per heavy atom. The number of anilines is 1. The molecule has 3 rings (SSSR count). The molecule has 1 saturated carbocycles. The van der Waals surface area contributed by atoms with Crippen LogP contribution in [0.4, 0.5) is 5.69 Å². The van der Waals surface area contributed by atoms with Crippen molar-refractivity contribution in [2.24, 2.45) is 0 Å². The fraction of sp³-hybridized carbons (Fsp3) is 0.417. The number of ether oxygens (including phenoxy) is 1. The number of nitrogens with one attached hydrogen (secondary N) is 1. The standard InChI is InChI=1S/C12H15N5O/c1-18-12-6-10(7-12)14-9-2-4-11(5-3-9)17-8-13-15-16-17/h2-5,8,10,12,14H,6-7H2,1H3. The summed E-state index contributed by atoms with van der Waals surface area (Å²) in [6.45, 7) is 0. The predicted molar refractivity (Wildman–Crippen MR) is 66.6 cm³/mol. The average Bonchev–Trinajstić information content (AvgIpc) is 2.88. The molecule has 6 heteroatoms. The summed E-state index contributed by atoms with van der Waals surface area (Å²) in [6, 6.07) is 8.58. The van der Waals surface area contributed by atoms with Gasteiger partial charge in [0.05, 0.1) is 11.8 Å². The minimum atomic E-state index is 0.419. The van der Waals surface area contributed by atoms with Gasteiger partial charge in [0.2, 0.25) is 0 Å². The lowest BCUT2D eigenvalue weighted by molar-refractivity contribution is 0.0329. The monoisotopic (exact) mass is 245 g/mol. The van der Waals surface area contributed by atoms with E-state index in [0.29, 0.717) is 12.1 Å². The Labute approximate surface area is 105 Å². The SMILES string of the molecule is COC1CC(Nc2ccc(-n3cnnn3)cc2)C1. The molecule has 18 heavy (non-hydrogen) atoms. The third kappa shape index (κ3) is 2.19. The molecule has 94 valence electrons. The molecule has 0 spiro atoms. The predicted octanol–water partition coefficient (Wildman–Crippen LogP) is 1.25. The highest BCUT2D eigenvalue weighted by Gasteiger charge is 2.28. The highest BCUT2D eigenvalue weighted by molar-refractivity contribution is 5.49. The summed E-state index contributed by atoms with van der Waals surface area (Å²) >= 11 is 0. The summed E-state index contributed by atoms with van der Waals surface area (Å²) < 4.78 is 6.89. The fourth-order valence-corrected chi connectivity index (χ4v) is 2.10. The maximum Gasteiger partial charge on any atom is 0.143 e. The van der Waals surface area contributed by atoms with Crippen LogP contribution in [-0.4, -0.2) is 39.5 Å². The first-order valence-electron chi connectivity index (χ1n) is 5.98. The van der Waals surface area contributed by atoms with Gasteiger partial charge in [-0.2, -0.15) is 0 Å². The number of hydrogen-bond acceptors (Lipinski definition) is 5. The molecule has 0 amide bonds. The second kappa shape index (κ2) is 4.73. The smallest absolute Gasteiger partial charge is 0.143 e. The van der Waals surface area contributed by atoms with Crippen molar-refractivity contribution in [1.29, 1.82) is 0 Å². The molecular weight excluding hydrogens is 230 g/mol. The van der Waals surface area contributed by atoms with Gasteiger partial charge in [-0.05, 0) is 47.5 Å². The van der Waals surface area contributed by atoms with Gasteiger partial charge in [0.15, 0.2) is 0 Å². The average molecular weight is 245 g/mol. The lowest BCUT2D eigenvalue weighted by atomic mass is 9.89. The molecule has 0 atom stereocenters. The third-order valence-corrected chi connectivity index (χ3v) is 3.28. The van der Waals surface area contributed by atoms with Crippen molar-refractivity contribution in [2.75, 3.05) is 12.4 Å². The summed E-state index contributed by atoms with van der Waals surface area (Å²) in [6.07, 6.45) is 4.15.